The Bertz CT molecular complexity index is 633. The number of hydrogen-bond acceptors (Lipinski definition) is 7. The number of nitrogens with one attached hydrogen (secondary N) is 1. The van der Waals surface area contributed by atoms with Gasteiger partial charge in [-0.15, -0.1) is 11.3 Å². The zero-order valence-corrected chi connectivity index (χ0v) is 13.6. The maximum atomic E-state index is 12.0. The van der Waals surface area contributed by atoms with Crippen LogP contribution in [0.2, 0.25) is 0 Å². The first kappa shape index (κ1) is 16.1. The third-order valence-electron chi connectivity index (χ3n) is 3.09. The van der Waals surface area contributed by atoms with E-state index in [4.69, 9.17) is 10.5 Å². The fourth-order valence-corrected chi connectivity index (χ4v) is 4.83. The van der Waals surface area contributed by atoms with E-state index in [0.717, 1.165) is 17.6 Å². The summed E-state index contributed by atoms with van der Waals surface area (Å²) in [5, 5.41) is 3.18. The predicted molar refractivity (Wildman–Crippen MR) is 82.9 cm³/mol. The number of hydrogen-bond donors (Lipinski definition) is 2. The topological polar surface area (TPSA) is 102 Å². The minimum absolute atomic E-state index is 0.0370. The lowest BCUT2D eigenvalue weighted by molar-refractivity contribution is 0.0960. The summed E-state index contributed by atoms with van der Waals surface area (Å²) < 4.78 is 29.4. The summed E-state index contributed by atoms with van der Waals surface area (Å²) in [4.78, 5) is 14.2. The molecule has 0 spiro atoms. The number of thiophene rings is 1. The maximum absolute atomic E-state index is 12.0. The fraction of sp³-hybridized carbons (Fsp3) is 0.583. The van der Waals surface area contributed by atoms with Crippen molar-refractivity contribution >= 4 is 37.8 Å². The Morgan fingerprint density at radius 1 is 1.43 bits per heavy atom. The lowest BCUT2D eigenvalue weighted by Crippen LogP contribution is -2.36. The molecule has 9 heteroatoms. The molecule has 1 amide bonds. The summed E-state index contributed by atoms with van der Waals surface area (Å²) in [7, 11) is -3.52. The highest BCUT2D eigenvalue weighted by Crippen LogP contribution is 2.41. The van der Waals surface area contributed by atoms with Crippen LogP contribution in [-0.4, -0.2) is 53.4 Å². The van der Waals surface area contributed by atoms with E-state index in [1.54, 1.807) is 6.92 Å². The third kappa shape index (κ3) is 3.30. The molecule has 0 aromatic carbocycles. The molecule has 1 saturated heterocycles. The number of carbonyl (C=O) groups is 1. The SMILES string of the molecule is CCNC(=O)c1sc(N2CCOCC2)c(S(C)(=O)=O)c1N. The summed E-state index contributed by atoms with van der Waals surface area (Å²) >= 11 is 1.12. The van der Waals surface area contributed by atoms with Gasteiger partial charge < -0.3 is 20.7 Å². The highest BCUT2D eigenvalue weighted by molar-refractivity contribution is 7.91. The molecule has 2 rings (SSSR count). The fourth-order valence-electron chi connectivity index (χ4n) is 2.16. The van der Waals surface area contributed by atoms with Crippen molar-refractivity contribution in [2.75, 3.05) is 49.7 Å². The Hall–Kier alpha value is -1.32. The molecule has 7 nitrogen and oxygen atoms in total. The van der Waals surface area contributed by atoms with Gasteiger partial charge in [0.05, 0.1) is 18.9 Å². The summed E-state index contributed by atoms with van der Waals surface area (Å²) in [6, 6.07) is 0. The van der Waals surface area contributed by atoms with Crippen molar-refractivity contribution < 1.29 is 17.9 Å². The average molecular weight is 333 g/mol. The van der Waals surface area contributed by atoms with Crippen LogP contribution < -0.4 is 16.0 Å². The Morgan fingerprint density at radius 2 is 2.05 bits per heavy atom. The van der Waals surface area contributed by atoms with Crippen LogP contribution in [0.25, 0.3) is 0 Å². The third-order valence-corrected chi connectivity index (χ3v) is 5.64. The van der Waals surface area contributed by atoms with Gasteiger partial charge in [0.1, 0.15) is 14.8 Å². The largest absolute Gasteiger partial charge is 0.396 e. The number of ether oxygens (including phenoxy) is 1. The molecule has 0 aliphatic carbocycles. The van der Waals surface area contributed by atoms with E-state index in [9.17, 15) is 13.2 Å². The van der Waals surface area contributed by atoms with Gasteiger partial charge in [-0.3, -0.25) is 4.79 Å². The minimum Gasteiger partial charge on any atom is -0.396 e. The standard InChI is InChI=1S/C12H19N3O4S2/c1-3-14-11(16)9-8(13)10(21(2,17)18)12(20-9)15-4-6-19-7-5-15/h3-7,13H2,1-2H3,(H,14,16). The number of rotatable bonds is 4. The number of carbonyl (C=O) groups excluding carboxylic acids is 1. The predicted octanol–water partition coefficient (Wildman–Crippen LogP) is 0.320. The maximum Gasteiger partial charge on any atom is 0.263 e. The van der Waals surface area contributed by atoms with Crippen LogP contribution >= 0.6 is 11.3 Å². The van der Waals surface area contributed by atoms with Gasteiger partial charge in [0.15, 0.2) is 9.84 Å². The van der Waals surface area contributed by atoms with Crippen LogP contribution in [0.15, 0.2) is 4.90 Å². The van der Waals surface area contributed by atoms with E-state index in [2.05, 4.69) is 5.32 Å². The van der Waals surface area contributed by atoms with Crippen LogP contribution in [0.4, 0.5) is 10.7 Å². The second kappa shape index (κ2) is 6.20. The number of nitrogen functional groups attached to an aromatic ring is 1. The van der Waals surface area contributed by atoms with Gasteiger partial charge in [0.2, 0.25) is 0 Å². The first-order chi connectivity index (χ1) is 9.86. The highest BCUT2D eigenvalue weighted by Gasteiger charge is 2.30. The summed E-state index contributed by atoms with van der Waals surface area (Å²) in [6.45, 7) is 4.46. The Morgan fingerprint density at radius 3 is 2.57 bits per heavy atom. The van der Waals surface area contributed by atoms with E-state index < -0.39 is 9.84 Å². The number of sulfone groups is 1. The van der Waals surface area contributed by atoms with Crippen LogP contribution in [-0.2, 0) is 14.6 Å². The average Bonchev–Trinajstić information content (AvgIpc) is 2.77. The number of amides is 1. The van der Waals surface area contributed by atoms with E-state index in [1.165, 1.54) is 0 Å². The Labute approximate surface area is 128 Å². The van der Waals surface area contributed by atoms with Crippen molar-refractivity contribution in [1.29, 1.82) is 0 Å². The second-order valence-corrected chi connectivity index (χ2v) is 7.66. The molecule has 1 fully saturated rings. The van der Waals surface area contributed by atoms with Crippen molar-refractivity contribution in [1.82, 2.24) is 5.32 Å². The normalized spacial score (nSPS) is 16.0. The van der Waals surface area contributed by atoms with Gasteiger partial charge in [0, 0.05) is 25.9 Å². The molecule has 21 heavy (non-hydrogen) atoms. The zero-order valence-electron chi connectivity index (χ0n) is 12.0. The summed E-state index contributed by atoms with van der Waals surface area (Å²) in [5.74, 6) is -0.343. The van der Waals surface area contributed by atoms with Crippen LogP contribution in [0.3, 0.4) is 0 Å². The van der Waals surface area contributed by atoms with Crippen molar-refractivity contribution in [3.8, 4) is 0 Å². The molecular weight excluding hydrogens is 314 g/mol. The number of morpholine rings is 1. The molecule has 118 valence electrons. The molecule has 1 aliphatic heterocycles. The van der Waals surface area contributed by atoms with Gasteiger partial charge in [-0.1, -0.05) is 0 Å². The van der Waals surface area contributed by atoms with Crippen molar-refractivity contribution in [2.24, 2.45) is 0 Å². The van der Waals surface area contributed by atoms with E-state index in [0.29, 0.717) is 37.8 Å². The Balaban J connectivity index is 2.52. The van der Waals surface area contributed by atoms with Gasteiger partial charge >= 0.3 is 0 Å². The molecule has 1 aromatic rings. The molecule has 2 heterocycles. The summed E-state index contributed by atoms with van der Waals surface area (Å²) in [5.41, 5.74) is 5.98. The molecule has 3 N–H and O–H groups in total. The quantitative estimate of drug-likeness (QED) is 0.823. The van der Waals surface area contributed by atoms with Gasteiger partial charge in [0.25, 0.3) is 5.91 Å². The second-order valence-electron chi connectivity index (χ2n) is 4.71. The molecule has 0 atom stereocenters. The van der Waals surface area contributed by atoms with Crippen molar-refractivity contribution in [2.45, 2.75) is 11.8 Å². The molecular formula is C12H19N3O4S2. The molecule has 1 aliphatic rings. The molecule has 0 saturated carbocycles. The van der Waals surface area contributed by atoms with E-state index in [1.807, 2.05) is 4.90 Å². The van der Waals surface area contributed by atoms with Crippen molar-refractivity contribution in [3.05, 3.63) is 4.88 Å². The van der Waals surface area contributed by atoms with Crippen LogP contribution in [0.5, 0.6) is 0 Å². The number of nitrogens with zero attached hydrogens (tertiary/aromatic N) is 1. The molecule has 0 unspecified atom stereocenters. The number of anilines is 2. The van der Waals surface area contributed by atoms with Gasteiger partial charge in [-0.25, -0.2) is 8.42 Å². The monoisotopic (exact) mass is 333 g/mol. The van der Waals surface area contributed by atoms with E-state index >= 15 is 0 Å². The van der Waals surface area contributed by atoms with Crippen LogP contribution in [0, 0.1) is 0 Å². The summed E-state index contributed by atoms with van der Waals surface area (Å²) in [6.07, 6.45) is 1.11. The van der Waals surface area contributed by atoms with Gasteiger partial charge in [-0.2, -0.15) is 0 Å². The molecule has 1 aromatic heterocycles. The molecule has 0 bridgehead atoms. The van der Waals surface area contributed by atoms with Gasteiger partial charge in [-0.05, 0) is 6.92 Å². The highest BCUT2D eigenvalue weighted by atomic mass is 32.2. The van der Waals surface area contributed by atoms with Crippen molar-refractivity contribution in [3.63, 3.8) is 0 Å². The molecule has 0 radical (unpaired) electrons. The first-order valence-electron chi connectivity index (χ1n) is 6.59. The van der Waals surface area contributed by atoms with E-state index in [-0.39, 0.29) is 21.4 Å². The smallest absolute Gasteiger partial charge is 0.263 e. The lowest BCUT2D eigenvalue weighted by atomic mass is 10.3. The lowest BCUT2D eigenvalue weighted by Gasteiger charge is -2.28. The first-order valence-corrected chi connectivity index (χ1v) is 9.30. The Kier molecular flexibility index (Phi) is 4.74. The van der Waals surface area contributed by atoms with Crippen LogP contribution in [0.1, 0.15) is 16.6 Å². The number of nitrogens with two attached hydrogens (primary N) is 1. The minimum atomic E-state index is -3.52. The zero-order chi connectivity index (χ0) is 15.6.